The second kappa shape index (κ2) is 6.87. The maximum absolute atomic E-state index is 13.4. The molecule has 1 unspecified atom stereocenters. The van der Waals surface area contributed by atoms with Crippen molar-refractivity contribution in [3.63, 3.8) is 0 Å². The maximum Gasteiger partial charge on any atom is 0.351 e. The smallest absolute Gasteiger partial charge is 0.340 e. The molecule has 4 aliphatic carbocycles. The normalized spacial score (nSPS) is 32.0. The third kappa shape index (κ3) is 3.14. The van der Waals surface area contributed by atoms with Crippen molar-refractivity contribution in [1.29, 1.82) is 0 Å². The first-order valence-corrected chi connectivity index (χ1v) is 11.2. The Hall–Kier alpha value is -1.88. The molecular formula is C23H34N4O+2. The fraction of sp³-hybridized carbons (Fsp3) is 0.652. The van der Waals surface area contributed by atoms with Gasteiger partial charge in [0.1, 0.15) is 6.54 Å². The summed E-state index contributed by atoms with van der Waals surface area (Å²) in [6.45, 7) is 4.26. The minimum atomic E-state index is 0.0447. The first-order chi connectivity index (χ1) is 13.5. The lowest BCUT2D eigenvalue weighted by atomic mass is 9.53. The summed E-state index contributed by atoms with van der Waals surface area (Å²) in [7, 11) is 2.22. The van der Waals surface area contributed by atoms with E-state index in [0.717, 1.165) is 48.5 Å². The van der Waals surface area contributed by atoms with Crippen LogP contribution in [0.5, 0.6) is 0 Å². The molecule has 0 aliphatic heterocycles. The van der Waals surface area contributed by atoms with Gasteiger partial charge in [-0.05, 0) is 74.8 Å². The van der Waals surface area contributed by atoms with E-state index in [-0.39, 0.29) is 11.4 Å². The number of carbonyl (C=O) groups excluding carboxylic acids is 1. The summed E-state index contributed by atoms with van der Waals surface area (Å²) in [6, 6.07) is 6.18. The van der Waals surface area contributed by atoms with E-state index < -0.39 is 0 Å². The number of nitrogens with one attached hydrogen (secondary N) is 3. The van der Waals surface area contributed by atoms with Gasteiger partial charge >= 0.3 is 11.7 Å². The van der Waals surface area contributed by atoms with Crippen LogP contribution >= 0.6 is 0 Å². The van der Waals surface area contributed by atoms with Crippen molar-refractivity contribution in [2.24, 2.45) is 17.8 Å². The van der Waals surface area contributed by atoms with E-state index in [9.17, 15) is 4.79 Å². The van der Waals surface area contributed by atoms with Gasteiger partial charge in [0.15, 0.2) is 5.52 Å². The lowest BCUT2D eigenvalue weighted by molar-refractivity contribution is -0.894. The number of nitrogens with zero attached hydrogens (tertiary/aromatic N) is 1. The molecule has 0 spiro atoms. The Morgan fingerprint density at radius 3 is 2.54 bits per heavy atom. The Morgan fingerprint density at radius 2 is 1.89 bits per heavy atom. The molecule has 150 valence electrons. The molecular weight excluding hydrogens is 348 g/mol. The zero-order valence-electron chi connectivity index (χ0n) is 17.3. The maximum atomic E-state index is 13.4. The minimum Gasteiger partial charge on any atom is -0.340 e. The van der Waals surface area contributed by atoms with Gasteiger partial charge in [-0.25, -0.2) is 4.98 Å². The van der Waals surface area contributed by atoms with Gasteiger partial charge in [-0.15, -0.1) is 0 Å². The van der Waals surface area contributed by atoms with Crippen LogP contribution in [0, 0.1) is 17.8 Å². The Balaban J connectivity index is 1.42. The number of aromatic amines is 1. The number of quaternary nitrogens is 1. The quantitative estimate of drug-likeness (QED) is 0.657. The molecule has 4 aliphatic rings. The molecule has 5 heteroatoms. The van der Waals surface area contributed by atoms with Gasteiger partial charge in [0, 0.05) is 5.54 Å². The lowest BCUT2D eigenvalue weighted by Crippen LogP contribution is -3.07. The number of carbonyl (C=O) groups is 1. The molecule has 28 heavy (non-hydrogen) atoms. The van der Waals surface area contributed by atoms with Crippen molar-refractivity contribution < 1.29 is 14.1 Å². The SMILES string of the molecule is CCC[NH+](C)Cc1[nH]c(C(=O)NC23CC4CC(CC(C4)C2)C3)[n+]2ccccc12. The summed E-state index contributed by atoms with van der Waals surface area (Å²) < 4.78 is 2.05. The summed E-state index contributed by atoms with van der Waals surface area (Å²) in [4.78, 5) is 18.4. The van der Waals surface area contributed by atoms with E-state index in [1.54, 1.807) is 0 Å². The van der Waals surface area contributed by atoms with Crippen molar-refractivity contribution in [2.75, 3.05) is 13.6 Å². The largest absolute Gasteiger partial charge is 0.351 e. The highest BCUT2D eigenvalue weighted by atomic mass is 16.2. The van der Waals surface area contributed by atoms with Gasteiger partial charge in [-0.1, -0.05) is 13.0 Å². The molecule has 4 fully saturated rings. The summed E-state index contributed by atoms with van der Waals surface area (Å²) in [6.07, 6.45) is 10.9. The van der Waals surface area contributed by atoms with E-state index >= 15 is 0 Å². The van der Waals surface area contributed by atoms with Crippen molar-refractivity contribution in [3.05, 3.63) is 35.9 Å². The number of aromatic nitrogens is 2. The van der Waals surface area contributed by atoms with Crippen molar-refractivity contribution >= 4 is 11.4 Å². The Kier molecular flexibility index (Phi) is 4.46. The monoisotopic (exact) mass is 382 g/mol. The standard InChI is InChI=1S/C23H32N4O/c1-3-7-26(2)15-19-20-6-4-5-8-27(20)21(24-19)22(28)25-23-12-16-9-17(13-23)11-18(10-16)14-23/h4-6,8,16-18H,3,7,9-15H2,1-2H3,(H,25,28)/p+2. The third-order valence-electron chi connectivity index (χ3n) is 7.47. The number of H-pyrrole nitrogens is 1. The van der Waals surface area contributed by atoms with Crippen molar-refractivity contribution in [2.45, 2.75) is 64.0 Å². The molecule has 5 nitrogen and oxygen atoms in total. The van der Waals surface area contributed by atoms with Crippen LogP contribution in [0.3, 0.4) is 0 Å². The average molecular weight is 383 g/mol. The molecule has 0 radical (unpaired) electrons. The molecule has 0 saturated heterocycles. The molecule has 1 amide bonds. The predicted molar refractivity (Wildman–Crippen MR) is 108 cm³/mol. The number of hydrogen-bond acceptors (Lipinski definition) is 1. The molecule has 4 bridgehead atoms. The molecule has 1 atom stereocenters. The minimum absolute atomic E-state index is 0.0447. The first kappa shape index (κ1) is 18.2. The number of hydrogen-bond donors (Lipinski definition) is 3. The predicted octanol–water partition coefficient (Wildman–Crippen LogP) is 1.88. The Morgan fingerprint density at radius 1 is 1.21 bits per heavy atom. The number of pyridine rings is 1. The zero-order valence-corrected chi connectivity index (χ0v) is 17.3. The van der Waals surface area contributed by atoms with E-state index in [4.69, 9.17) is 0 Å². The highest BCUT2D eigenvalue weighted by molar-refractivity contribution is 5.90. The Labute approximate surface area is 167 Å². The fourth-order valence-corrected chi connectivity index (χ4v) is 6.83. The average Bonchev–Trinajstić information content (AvgIpc) is 2.99. The summed E-state index contributed by atoms with van der Waals surface area (Å²) in [5.74, 6) is 3.26. The van der Waals surface area contributed by atoms with Crippen LogP contribution < -0.4 is 14.6 Å². The number of imidazole rings is 1. The van der Waals surface area contributed by atoms with E-state index in [2.05, 4.69) is 36.4 Å². The summed E-state index contributed by atoms with van der Waals surface area (Å²) in [5, 5.41) is 3.53. The van der Waals surface area contributed by atoms with Gasteiger partial charge in [-0.3, -0.25) is 4.79 Å². The fourth-order valence-electron chi connectivity index (χ4n) is 6.83. The van der Waals surface area contributed by atoms with Gasteiger partial charge < -0.3 is 10.2 Å². The topological polar surface area (TPSA) is 53.4 Å². The van der Waals surface area contributed by atoms with Gasteiger partial charge in [0.05, 0.1) is 19.8 Å². The molecule has 2 heterocycles. The van der Waals surface area contributed by atoms with Crippen LogP contribution in [0.25, 0.3) is 5.52 Å². The summed E-state index contributed by atoms with van der Waals surface area (Å²) >= 11 is 0. The van der Waals surface area contributed by atoms with Crippen LogP contribution in [0.4, 0.5) is 0 Å². The van der Waals surface area contributed by atoms with Gasteiger partial charge in [-0.2, -0.15) is 4.40 Å². The number of amides is 1. The third-order valence-corrected chi connectivity index (χ3v) is 7.47. The highest BCUT2D eigenvalue weighted by Gasteiger charge is 2.52. The number of rotatable bonds is 6. The van der Waals surface area contributed by atoms with Crippen molar-refractivity contribution in [1.82, 2.24) is 10.3 Å². The van der Waals surface area contributed by atoms with E-state index in [1.165, 1.54) is 43.4 Å². The van der Waals surface area contributed by atoms with E-state index in [0.29, 0.717) is 5.82 Å². The summed E-state index contributed by atoms with van der Waals surface area (Å²) in [5.41, 5.74) is 2.32. The van der Waals surface area contributed by atoms with E-state index in [1.807, 2.05) is 16.7 Å². The van der Waals surface area contributed by atoms with Crippen LogP contribution in [-0.4, -0.2) is 30.0 Å². The number of fused-ring (bicyclic) bond motifs is 1. The van der Waals surface area contributed by atoms with Crippen LogP contribution in [0.2, 0.25) is 0 Å². The van der Waals surface area contributed by atoms with Gasteiger partial charge in [0.25, 0.3) is 0 Å². The highest BCUT2D eigenvalue weighted by Crippen LogP contribution is 2.55. The second-order valence-corrected chi connectivity index (χ2v) is 9.94. The molecule has 2 aromatic rings. The lowest BCUT2D eigenvalue weighted by Gasteiger charge is -2.56. The molecule has 2 aromatic heterocycles. The van der Waals surface area contributed by atoms with Gasteiger partial charge in [0.2, 0.25) is 5.69 Å². The zero-order chi connectivity index (χ0) is 19.3. The Bertz CT molecular complexity index is 851. The molecule has 4 saturated carbocycles. The van der Waals surface area contributed by atoms with Crippen molar-refractivity contribution in [3.8, 4) is 0 Å². The molecule has 3 N–H and O–H groups in total. The first-order valence-electron chi connectivity index (χ1n) is 11.2. The van der Waals surface area contributed by atoms with Crippen LogP contribution in [0.1, 0.15) is 68.2 Å². The molecule has 6 rings (SSSR count). The van der Waals surface area contributed by atoms with Crippen LogP contribution in [0.15, 0.2) is 24.4 Å². The molecule has 0 aromatic carbocycles. The van der Waals surface area contributed by atoms with Crippen LogP contribution in [-0.2, 0) is 6.54 Å². The second-order valence-electron chi connectivity index (χ2n) is 9.94.